The van der Waals surface area contributed by atoms with Gasteiger partial charge in [0.15, 0.2) is 0 Å². The summed E-state index contributed by atoms with van der Waals surface area (Å²) in [6.07, 6.45) is 4.69. The topological polar surface area (TPSA) is 12.0 Å². The molecular weight excluding hydrogens is 242 g/mol. The third-order valence-electron chi connectivity index (χ3n) is 3.81. The number of aryl methyl sites for hydroxylation is 1. The highest BCUT2D eigenvalue weighted by atomic mass is 14.9. The van der Waals surface area contributed by atoms with Crippen LogP contribution in [0.25, 0.3) is 0 Å². The molecule has 0 spiro atoms. The molecule has 0 radical (unpaired) electrons. The molecule has 106 valence electrons. The van der Waals surface area contributed by atoms with Crippen LogP contribution in [0.2, 0.25) is 0 Å². The van der Waals surface area contributed by atoms with Gasteiger partial charge in [-0.25, -0.2) is 0 Å². The summed E-state index contributed by atoms with van der Waals surface area (Å²) in [4.78, 5) is 0. The summed E-state index contributed by atoms with van der Waals surface area (Å²) in [6, 6.07) is 22.1. The van der Waals surface area contributed by atoms with Crippen molar-refractivity contribution >= 4 is 0 Å². The van der Waals surface area contributed by atoms with Crippen LogP contribution in [0.5, 0.6) is 0 Å². The molecule has 0 saturated carbocycles. The summed E-state index contributed by atoms with van der Waals surface area (Å²) < 4.78 is 0. The van der Waals surface area contributed by atoms with E-state index in [1.54, 1.807) is 0 Å². The van der Waals surface area contributed by atoms with E-state index in [0.29, 0.717) is 6.04 Å². The van der Waals surface area contributed by atoms with Crippen LogP contribution in [0, 0.1) is 0 Å². The number of rotatable bonds is 8. The van der Waals surface area contributed by atoms with Crippen molar-refractivity contribution in [2.45, 2.75) is 38.6 Å². The van der Waals surface area contributed by atoms with Crippen LogP contribution in [0.15, 0.2) is 60.7 Å². The molecule has 0 aliphatic heterocycles. The molecule has 0 fully saturated rings. The second-order valence-electron chi connectivity index (χ2n) is 5.32. The number of nitrogens with one attached hydrogen (secondary N) is 1. The number of hydrogen-bond acceptors (Lipinski definition) is 1. The van der Waals surface area contributed by atoms with E-state index in [1.165, 1.54) is 24.0 Å². The summed E-state index contributed by atoms with van der Waals surface area (Å²) in [5.74, 6) is 0. The molecule has 1 unspecified atom stereocenters. The van der Waals surface area contributed by atoms with Crippen LogP contribution >= 0.6 is 0 Å². The first kappa shape index (κ1) is 14.8. The van der Waals surface area contributed by atoms with Gasteiger partial charge in [-0.2, -0.15) is 0 Å². The minimum absolute atomic E-state index is 0.624. The van der Waals surface area contributed by atoms with Crippen molar-refractivity contribution in [3.8, 4) is 0 Å². The minimum Gasteiger partial charge on any atom is -0.314 e. The summed E-state index contributed by atoms with van der Waals surface area (Å²) >= 11 is 0. The Labute approximate surface area is 123 Å². The molecule has 1 atom stereocenters. The Morgan fingerprint density at radius 3 is 1.90 bits per heavy atom. The van der Waals surface area contributed by atoms with E-state index in [2.05, 4.69) is 72.9 Å². The fourth-order valence-electron chi connectivity index (χ4n) is 2.50. The second kappa shape index (κ2) is 8.55. The van der Waals surface area contributed by atoms with E-state index in [9.17, 15) is 0 Å². The highest BCUT2D eigenvalue weighted by molar-refractivity contribution is 5.15. The lowest BCUT2D eigenvalue weighted by molar-refractivity contribution is 0.471. The van der Waals surface area contributed by atoms with E-state index in [-0.39, 0.29) is 0 Å². The van der Waals surface area contributed by atoms with Crippen LogP contribution in [-0.2, 0) is 12.8 Å². The molecule has 0 saturated heterocycles. The minimum atomic E-state index is 0.624. The van der Waals surface area contributed by atoms with Gasteiger partial charge >= 0.3 is 0 Å². The molecule has 0 amide bonds. The SMILES string of the molecule is CCC(CCc1ccccc1)NCCc1ccccc1. The number of benzene rings is 2. The molecule has 0 aliphatic rings. The lowest BCUT2D eigenvalue weighted by Crippen LogP contribution is -2.30. The molecule has 2 aromatic rings. The van der Waals surface area contributed by atoms with E-state index in [1.807, 2.05) is 0 Å². The smallest absolute Gasteiger partial charge is 0.00677 e. The van der Waals surface area contributed by atoms with Gasteiger partial charge < -0.3 is 5.32 Å². The molecular formula is C19H25N. The highest BCUT2D eigenvalue weighted by Crippen LogP contribution is 2.07. The average molecular weight is 267 g/mol. The van der Waals surface area contributed by atoms with E-state index >= 15 is 0 Å². The van der Waals surface area contributed by atoms with Crippen molar-refractivity contribution in [2.24, 2.45) is 0 Å². The maximum absolute atomic E-state index is 3.69. The lowest BCUT2D eigenvalue weighted by Gasteiger charge is -2.17. The zero-order valence-corrected chi connectivity index (χ0v) is 12.4. The van der Waals surface area contributed by atoms with E-state index in [0.717, 1.165) is 19.4 Å². The number of hydrogen-bond donors (Lipinski definition) is 1. The maximum Gasteiger partial charge on any atom is 0.00677 e. The third kappa shape index (κ3) is 5.18. The Hall–Kier alpha value is -1.60. The van der Waals surface area contributed by atoms with Crippen molar-refractivity contribution < 1.29 is 0 Å². The van der Waals surface area contributed by atoms with E-state index < -0.39 is 0 Å². The summed E-state index contributed by atoms with van der Waals surface area (Å²) in [5, 5.41) is 3.69. The van der Waals surface area contributed by atoms with Crippen molar-refractivity contribution in [1.82, 2.24) is 5.32 Å². The van der Waals surface area contributed by atoms with Crippen molar-refractivity contribution in [2.75, 3.05) is 6.54 Å². The van der Waals surface area contributed by atoms with Crippen LogP contribution in [0.4, 0.5) is 0 Å². The van der Waals surface area contributed by atoms with Gasteiger partial charge in [0.2, 0.25) is 0 Å². The second-order valence-corrected chi connectivity index (χ2v) is 5.32. The molecule has 20 heavy (non-hydrogen) atoms. The first-order valence-corrected chi connectivity index (χ1v) is 7.69. The Morgan fingerprint density at radius 1 is 0.800 bits per heavy atom. The summed E-state index contributed by atoms with van der Waals surface area (Å²) in [7, 11) is 0. The molecule has 0 heterocycles. The van der Waals surface area contributed by atoms with Gasteiger partial charge in [0.25, 0.3) is 0 Å². The van der Waals surface area contributed by atoms with Gasteiger partial charge in [0.1, 0.15) is 0 Å². The van der Waals surface area contributed by atoms with Gasteiger partial charge in [-0.1, -0.05) is 67.6 Å². The molecule has 2 aromatic carbocycles. The Balaban J connectivity index is 1.70. The molecule has 1 heteroatoms. The molecule has 1 N–H and O–H groups in total. The maximum atomic E-state index is 3.69. The molecule has 0 aliphatic carbocycles. The summed E-state index contributed by atoms with van der Waals surface area (Å²) in [6.45, 7) is 3.34. The molecule has 1 nitrogen and oxygen atoms in total. The average Bonchev–Trinajstić information content (AvgIpc) is 2.52. The van der Waals surface area contributed by atoms with Crippen molar-refractivity contribution in [3.63, 3.8) is 0 Å². The summed E-state index contributed by atoms with van der Waals surface area (Å²) in [5.41, 5.74) is 2.86. The molecule has 0 aromatic heterocycles. The van der Waals surface area contributed by atoms with Crippen LogP contribution < -0.4 is 5.32 Å². The van der Waals surface area contributed by atoms with Gasteiger partial charge in [-0.15, -0.1) is 0 Å². The largest absolute Gasteiger partial charge is 0.314 e. The first-order valence-electron chi connectivity index (χ1n) is 7.69. The third-order valence-corrected chi connectivity index (χ3v) is 3.81. The Bertz CT molecular complexity index is 464. The predicted molar refractivity (Wildman–Crippen MR) is 87.0 cm³/mol. The van der Waals surface area contributed by atoms with Gasteiger partial charge in [-0.3, -0.25) is 0 Å². The van der Waals surface area contributed by atoms with Crippen LogP contribution in [0.3, 0.4) is 0 Å². The van der Waals surface area contributed by atoms with Gasteiger partial charge in [-0.05, 0) is 43.4 Å². The standard InChI is InChI=1S/C19H25N/c1-2-19(14-13-17-9-5-3-6-10-17)20-16-15-18-11-7-4-8-12-18/h3-12,19-20H,2,13-16H2,1H3. The lowest BCUT2D eigenvalue weighted by atomic mass is 10.0. The zero-order chi connectivity index (χ0) is 14.0. The normalized spacial score (nSPS) is 12.2. The Kier molecular flexibility index (Phi) is 6.33. The quantitative estimate of drug-likeness (QED) is 0.754. The van der Waals surface area contributed by atoms with Crippen molar-refractivity contribution in [3.05, 3.63) is 71.8 Å². The van der Waals surface area contributed by atoms with Crippen molar-refractivity contribution in [1.29, 1.82) is 0 Å². The first-order chi connectivity index (χ1) is 9.88. The fourth-order valence-corrected chi connectivity index (χ4v) is 2.50. The Morgan fingerprint density at radius 2 is 1.35 bits per heavy atom. The fraction of sp³-hybridized carbons (Fsp3) is 0.368. The molecule has 2 rings (SSSR count). The van der Waals surface area contributed by atoms with Crippen LogP contribution in [-0.4, -0.2) is 12.6 Å². The van der Waals surface area contributed by atoms with Gasteiger partial charge in [0, 0.05) is 6.04 Å². The monoisotopic (exact) mass is 267 g/mol. The molecule has 0 bridgehead atoms. The van der Waals surface area contributed by atoms with Crippen LogP contribution in [0.1, 0.15) is 30.9 Å². The zero-order valence-electron chi connectivity index (χ0n) is 12.4. The van der Waals surface area contributed by atoms with E-state index in [4.69, 9.17) is 0 Å². The predicted octanol–water partition coefficient (Wildman–Crippen LogP) is 4.23. The highest BCUT2D eigenvalue weighted by Gasteiger charge is 2.05. The van der Waals surface area contributed by atoms with Gasteiger partial charge in [0.05, 0.1) is 0 Å².